The summed E-state index contributed by atoms with van der Waals surface area (Å²) in [5.74, 6) is 0. The average molecular weight is 241 g/mol. The third-order valence-electron chi connectivity index (χ3n) is 2.81. The molecule has 1 unspecified atom stereocenters. The third-order valence-corrected chi connectivity index (χ3v) is 3.67. The second-order valence-electron chi connectivity index (χ2n) is 3.83. The van der Waals surface area contributed by atoms with Gasteiger partial charge < -0.3 is 5.73 Å². The number of thiazole rings is 1. The minimum atomic E-state index is -0.117. The fourth-order valence-corrected chi connectivity index (χ4v) is 2.59. The van der Waals surface area contributed by atoms with Gasteiger partial charge in [0.15, 0.2) is 0 Å². The predicted molar refractivity (Wildman–Crippen MR) is 69.9 cm³/mol. The molecule has 0 aliphatic rings. The molecule has 84 valence electrons. The number of hydrogen-bond donors (Lipinski definition) is 1. The molecule has 0 aliphatic carbocycles. The lowest BCUT2D eigenvalue weighted by atomic mass is 10.00. The highest BCUT2D eigenvalue weighted by Gasteiger charge is 2.13. The van der Waals surface area contributed by atoms with Crippen molar-refractivity contribution in [1.29, 1.82) is 0 Å². The summed E-state index contributed by atoms with van der Waals surface area (Å²) in [5, 5.41) is 2.27. The van der Waals surface area contributed by atoms with E-state index in [2.05, 4.69) is 16.0 Å². The van der Waals surface area contributed by atoms with Crippen LogP contribution in [0.15, 0.2) is 48.4 Å². The van der Waals surface area contributed by atoms with Crippen LogP contribution in [0.5, 0.6) is 0 Å². The van der Waals surface area contributed by atoms with Gasteiger partial charge in [-0.3, -0.25) is 9.97 Å². The number of pyridine rings is 1. The number of rotatable bonds is 2. The van der Waals surface area contributed by atoms with E-state index in [4.69, 9.17) is 5.73 Å². The maximum absolute atomic E-state index is 6.28. The molecule has 0 saturated heterocycles. The molecule has 0 radical (unpaired) electrons. The Morgan fingerprint density at radius 1 is 1.12 bits per heavy atom. The molecule has 0 bridgehead atoms. The van der Waals surface area contributed by atoms with Crippen LogP contribution in [0.4, 0.5) is 0 Å². The van der Waals surface area contributed by atoms with Crippen LogP contribution in [0.3, 0.4) is 0 Å². The molecule has 3 rings (SSSR count). The Kier molecular flexibility index (Phi) is 2.59. The number of benzene rings is 1. The first-order valence-electron chi connectivity index (χ1n) is 5.33. The summed E-state index contributed by atoms with van der Waals surface area (Å²) in [6.07, 6.45) is 5.48. The second-order valence-corrected chi connectivity index (χ2v) is 4.74. The first kappa shape index (κ1) is 10.4. The molecule has 0 spiro atoms. The molecule has 0 saturated carbocycles. The topological polar surface area (TPSA) is 51.8 Å². The van der Waals surface area contributed by atoms with E-state index >= 15 is 0 Å². The highest BCUT2D eigenvalue weighted by Crippen LogP contribution is 2.28. The molecule has 3 nitrogen and oxygen atoms in total. The van der Waals surface area contributed by atoms with Crippen molar-refractivity contribution in [3.63, 3.8) is 0 Å². The van der Waals surface area contributed by atoms with Crippen LogP contribution in [0.2, 0.25) is 0 Å². The van der Waals surface area contributed by atoms with Crippen molar-refractivity contribution in [2.45, 2.75) is 6.04 Å². The van der Waals surface area contributed by atoms with Gasteiger partial charge in [-0.1, -0.05) is 18.2 Å². The van der Waals surface area contributed by atoms with Crippen molar-refractivity contribution in [3.05, 3.63) is 58.8 Å². The number of nitrogens with zero attached hydrogens (tertiary/aromatic N) is 2. The monoisotopic (exact) mass is 241 g/mol. The Morgan fingerprint density at radius 2 is 2.06 bits per heavy atom. The molecular weight excluding hydrogens is 230 g/mol. The van der Waals surface area contributed by atoms with Crippen molar-refractivity contribution >= 4 is 22.1 Å². The average Bonchev–Trinajstić information content (AvgIpc) is 2.91. The zero-order valence-electron chi connectivity index (χ0n) is 9.08. The maximum atomic E-state index is 6.28. The van der Waals surface area contributed by atoms with Crippen LogP contribution in [0.1, 0.15) is 16.5 Å². The molecule has 0 fully saturated rings. The van der Waals surface area contributed by atoms with Gasteiger partial charge in [-0.15, -0.1) is 11.3 Å². The largest absolute Gasteiger partial charge is 0.320 e. The fraction of sp³-hybridized carbons (Fsp3) is 0.0769. The van der Waals surface area contributed by atoms with Gasteiger partial charge in [-0.2, -0.15) is 0 Å². The summed E-state index contributed by atoms with van der Waals surface area (Å²) in [7, 11) is 0. The number of nitrogens with two attached hydrogens (primary N) is 1. The van der Waals surface area contributed by atoms with E-state index in [9.17, 15) is 0 Å². The normalized spacial score (nSPS) is 12.8. The second kappa shape index (κ2) is 4.24. The van der Waals surface area contributed by atoms with E-state index in [1.54, 1.807) is 17.5 Å². The first-order chi connectivity index (χ1) is 8.36. The van der Waals surface area contributed by atoms with E-state index in [1.165, 1.54) is 0 Å². The molecule has 3 aromatic rings. The smallest absolute Gasteiger partial charge is 0.0794 e. The SMILES string of the molecule is NC(c1cncs1)c1cccc2cnccc12. The highest BCUT2D eigenvalue weighted by molar-refractivity contribution is 7.09. The number of hydrogen-bond acceptors (Lipinski definition) is 4. The quantitative estimate of drug-likeness (QED) is 0.750. The summed E-state index contributed by atoms with van der Waals surface area (Å²) in [6.45, 7) is 0. The summed E-state index contributed by atoms with van der Waals surface area (Å²) in [6, 6.07) is 8.01. The lowest BCUT2D eigenvalue weighted by Crippen LogP contribution is -2.10. The van der Waals surface area contributed by atoms with Gasteiger partial charge in [-0.25, -0.2) is 0 Å². The number of aromatic nitrogens is 2. The third kappa shape index (κ3) is 1.81. The Morgan fingerprint density at radius 3 is 2.88 bits per heavy atom. The zero-order chi connectivity index (χ0) is 11.7. The summed E-state index contributed by atoms with van der Waals surface area (Å²) in [5.41, 5.74) is 9.20. The van der Waals surface area contributed by atoms with Crippen LogP contribution >= 0.6 is 11.3 Å². The fourth-order valence-electron chi connectivity index (χ4n) is 1.95. The zero-order valence-corrected chi connectivity index (χ0v) is 9.89. The molecule has 4 heteroatoms. The van der Waals surface area contributed by atoms with Crippen LogP contribution in [0, 0.1) is 0 Å². The van der Waals surface area contributed by atoms with Gasteiger partial charge in [0.05, 0.1) is 11.6 Å². The summed E-state index contributed by atoms with van der Waals surface area (Å²) >= 11 is 1.58. The highest BCUT2D eigenvalue weighted by atomic mass is 32.1. The molecule has 2 aromatic heterocycles. The lowest BCUT2D eigenvalue weighted by Gasteiger charge is -2.12. The van der Waals surface area contributed by atoms with E-state index < -0.39 is 0 Å². The summed E-state index contributed by atoms with van der Waals surface area (Å²) < 4.78 is 0. The van der Waals surface area contributed by atoms with Gasteiger partial charge >= 0.3 is 0 Å². The van der Waals surface area contributed by atoms with Crippen molar-refractivity contribution in [2.24, 2.45) is 5.73 Å². The van der Waals surface area contributed by atoms with E-state index in [0.29, 0.717) is 0 Å². The van der Waals surface area contributed by atoms with Crippen LogP contribution in [-0.4, -0.2) is 9.97 Å². The number of fused-ring (bicyclic) bond motifs is 1. The van der Waals surface area contributed by atoms with Crippen LogP contribution < -0.4 is 5.73 Å². The van der Waals surface area contributed by atoms with Gasteiger partial charge in [-0.05, 0) is 17.0 Å². The van der Waals surface area contributed by atoms with E-state index in [1.807, 2.05) is 36.1 Å². The van der Waals surface area contributed by atoms with Gasteiger partial charge in [0.25, 0.3) is 0 Å². The minimum Gasteiger partial charge on any atom is -0.320 e. The van der Waals surface area contributed by atoms with Gasteiger partial charge in [0, 0.05) is 28.9 Å². The van der Waals surface area contributed by atoms with E-state index in [0.717, 1.165) is 21.2 Å². The molecule has 17 heavy (non-hydrogen) atoms. The first-order valence-corrected chi connectivity index (χ1v) is 6.21. The van der Waals surface area contributed by atoms with Crippen molar-refractivity contribution in [2.75, 3.05) is 0 Å². The van der Waals surface area contributed by atoms with Crippen LogP contribution in [0.25, 0.3) is 10.8 Å². The summed E-state index contributed by atoms with van der Waals surface area (Å²) in [4.78, 5) is 9.28. The molecule has 2 N–H and O–H groups in total. The standard InChI is InChI=1S/C13H11N3S/c14-13(12-7-16-8-17-12)11-3-1-2-9-6-15-5-4-10(9)11/h1-8,13H,14H2. The molecule has 2 heterocycles. The van der Waals surface area contributed by atoms with Gasteiger partial charge in [0.1, 0.15) is 0 Å². The van der Waals surface area contributed by atoms with Crippen molar-refractivity contribution < 1.29 is 0 Å². The van der Waals surface area contributed by atoms with Crippen molar-refractivity contribution in [1.82, 2.24) is 9.97 Å². The Balaban J connectivity index is 2.17. The lowest BCUT2D eigenvalue weighted by molar-refractivity contribution is 0.899. The maximum Gasteiger partial charge on any atom is 0.0794 e. The molecular formula is C13H11N3S. The molecule has 1 aromatic carbocycles. The Labute approximate surface area is 103 Å². The molecule has 0 amide bonds. The van der Waals surface area contributed by atoms with Gasteiger partial charge in [0.2, 0.25) is 0 Å². The van der Waals surface area contributed by atoms with Crippen LogP contribution in [-0.2, 0) is 0 Å². The molecule has 1 atom stereocenters. The van der Waals surface area contributed by atoms with Crippen molar-refractivity contribution in [3.8, 4) is 0 Å². The predicted octanol–water partition coefficient (Wildman–Crippen LogP) is 2.74. The Hall–Kier alpha value is -1.78. The Bertz CT molecular complexity index is 629. The van der Waals surface area contributed by atoms with E-state index in [-0.39, 0.29) is 6.04 Å². The molecule has 0 aliphatic heterocycles. The minimum absolute atomic E-state index is 0.117.